The van der Waals surface area contributed by atoms with Crippen molar-refractivity contribution in [3.63, 3.8) is 0 Å². The number of aryl methyl sites for hydroxylation is 1. The molecule has 25 heavy (non-hydrogen) atoms. The highest BCUT2D eigenvalue weighted by Gasteiger charge is 2.13. The zero-order valence-electron chi connectivity index (χ0n) is 14.8. The van der Waals surface area contributed by atoms with Crippen LogP contribution >= 0.6 is 0 Å². The molecule has 4 heteroatoms. The summed E-state index contributed by atoms with van der Waals surface area (Å²) in [5.41, 5.74) is 5.75. The number of aromatic nitrogens is 2. The van der Waals surface area contributed by atoms with Crippen molar-refractivity contribution in [1.82, 2.24) is 9.78 Å². The van der Waals surface area contributed by atoms with Gasteiger partial charge in [-0.15, -0.1) is 0 Å². The summed E-state index contributed by atoms with van der Waals surface area (Å²) in [6.07, 6.45) is 0.941. The van der Waals surface area contributed by atoms with E-state index in [0.29, 0.717) is 5.56 Å². The number of benzene rings is 2. The monoisotopic (exact) mass is 334 g/mol. The van der Waals surface area contributed by atoms with Crippen LogP contribution in [-0.4, -0.2) is 15.7 Å². The van der Waals surface area contributed by atoms with Crippen molar-refractivity contribution < 1.29 is 9.53 Å². The molecule has 4 nitrogen and oxygen atoms in total. The van der Waals surface area contributed by atoms with Gasteiger partial charge in [0.05, 0.1) is 16.9 Å². The summed E-state index contributed by atoms with van der Waals surface area (Å²) < 4.78 is 7.31. The Bertz CT molecular complexity index is 882. The molecule has 3 aromatic rings. The minimum atomic E-state index is -0.331. The first kappa shape index (κ1) is 17.0. The Morgan fingerprint density at radius 3 is 2.52 bits per heavy atom. The molecule has 3 rings (SSSR count). The summed E-state index contributed by atoms with van der Waals surface area (Å²) in [5.74, 6) is -0.331. The van der Waals surface area contributed by atoms with E-state index in [1.54, 1.807) is 6.07 Å². The van der Waals surface area contributed by atoms with E-state index in [0.717, 1.165) is 29.1 Å². The van der Waals surface area contributed by atoms with Gasteiger partial charge < -0.3 is 4.74 Å². The first-order valence-corrected chi connectivity index (χ1v) is 8.46. The van der Waals surface area contributed by atoms with Crippen LogP contribution in [0.5, 0.6) is 0 Å². The fourth-order valence-electron chi connectivity index (χ4n) is 3.01. The first-order chi connectivity index (χ1) is 12.1. The van der Waals surface area contributed by atoms with Crippen molar-refractivity contribution >= 4 is 5.97 Å². The van der Waals surface area contributed by atoms with E-state index in [9.17, 15) is 4.79 Å². The molecule has 0 aliphatic heterocycles. The van der Waals surface area contributed by atoms with E-state index in [1.165, 1.54) is 5.56 Å². The van der Waals surface area contributed by atoms with Crippen LogP contribution in [0.15, 0.2) is 54.6 Å². The number of esters is 1. The van der Waals surface area contributed by atoms with E-state index >= 15 is 0 Å². The molecular formula is C21H22N2O2. The molecule has 1 heterocycles. The van der Waals surface area contributed by atoms with E-state index in [-0.39, 0.29) is 12.6 Å². The molecule has 2 aromatic carbocycles. The van der Waals surface area contributed by atoms with Crippen LogP contribution in [0, 0.1) is 13.8 Å². The standard InChI is InChI=1S/C21H22N2O2/c1-4-20-15(2)22-23(16(20)3)19-12-8-11-18(13-19)21(24)25-14-17-9-6-5-7-10-17/h5-13H,4,14H2,1-3H3. The van der Waals surface area contributed by atoms with Crippen LogP contribution in [0.3, 0.4) is 0 Å². The lowest BCUT2D eigenvalue weighted by Gasteiger charge is -2.08. The highest BCUT2D eigenvalue weighted by Crippen LogP contribution is 2.19. The van der Waals surface area contributed by atoms with E-state index in [1.807, 2.05) is 60.1 Å². The number of nitrogens with zero attached hydrogens (tertiary/aromatic N) is 2. The van der Waals surface area contributed by atoms with Crippen molar-refractivity contribution in [3.8, 4) is 5.69 Å². The van der Waals surface area contributed by atoms with Crippen molar-refractivity contribution in [1.29, 1.82) is 0 Å². The zero-order valence-corrected chi connectivity index (χ0v) is 14.8. The van der Waals surface area contributed by atoms with Crippen molar-refractivity contribution in [2.45, 2.75) is 33.8 Å². The summed E-state index contributed by atoms with van der Waals surface area (Å²) in [6, 6.07) is 17.1. The molecule has 0 atom stereocenters. The minimum Gasteiger partial charge on any atom is -0.457 e. The van der Waals surface area contributed by atoms with Gasteiger partial charge in [-0.1, -0.05) is 43.3 Å². The Kier molecular flexibility index (Phi) is 4.98. The highest BCUT2D eigenvalue weighted by molar-refractivity contribution is 5.90. The summed E-state index contributed by atoms with van der Waals surface area (Å²) in [6.45, 7) is 6.46. The second kappa shape index (κ2) is 7.34. The number of carbonyl (C=O) groups is 1. The number of hydrogen-bond acceptors (Lipinski definition) is 3. The maximum atomic E-state index is 12.4. The molecule has 0 N–H and O–H groups in total. The predicted molar refractivity (Wildman–Crippen MR) is 98.0 cm³/mol. The number of rotatable bonds is 5. The topological polar surface area (TPSA) is 44.1 Å². The van der Waals surface area contributed by atoms with Gasteiger partial charge in [-0.2, -0.15) is 5.10 Å². The second-order valence-corrected chi connectivity index (χ2v) is 6.03. The predicted octanol–water partition coefficient (Wildman–Crippen LogP) is 4.41. The van der Waals surface area contributed by atoms with Crippen LogP contribution < -0.4 is 0 Å². The third-order valence-electron chi connectivity index (χ3n) is 4.33. The largest absolute Gasteiger partial charge is 0.457 e. The maximum Gasteiger partial charge on any atom is 0.338 e. The lowest BCUT2D eigenvalue weighted by atomic mass is 10.1. The van der Waals surface area contributed by atoms with Crippen LogP contribution in [0.4, 0.5) is 0 Å². The SMILES string of the molecule is CCc1c(C)nn(-c2cccc(C(=O)OCc3ccccc3)c2)c1C. The third kappa shape index (κ3) is 3.63. The van der Waals surface area contributed by atoms with E-state index in [2.05, 4.69) is 18.9 Å². The zero-order chi connectivity index (χ0) is 17.8. The molecule has 0 bridgehead atoms. The summed E-state index contributed by atoms with van der Waals surface area (Å²) in [4.78, 5) is 12.4. The summed E-state index contributed by atoms with van der Waals surface area (Å²) in [5, 5.41) is 4.61. The fourth-order valence-corrected chi connectivity index (χ4v) is 3.01. The first-order valence-electron chi connectivity index (χ1n) is 8.46. The Morgan fingerprint density at radius 1 is 1.08 bits per heavy atom. The van der Waals surface area contributed by atoms with Crippen LogP contribution in [0.1, 0.15) is 39.8 Å². The van der Waals surface area contributed by atoms with E-state index < -0.39 is 0 Å². The Hall–Kier alpha value is -2.88. The molecule has 1 aromatic heterocycles. The molecule has 0 fully saturated rings. The molecule has 0 saturated carbocycles. The molecule has 0 spiro atoms. The molecule has 0 aliphatic rings. The van der Waals surface area contributed by atoms with Gasteiger partial charge in [0.2, 0.25) is 0 Å². The van der Waals surface area contributed by atoms with Crippen molar-refractivity contribution in [2.75, 3.05) is 0 Å². The van der Waals surface area contributed by atoms with Crippen molar-refractivity contribution in [2.24, 2.45) is 0 Å². The molecule has 0 aliphatic carbocycles. The number of carbonyl (C=O) groups excluding carboxylic acids is 1. The average molecular weight is 334 g/mol. The molecule has 0 saturated heterocycles. The van der Waals surface area contributed by atoms with E-state index in [4.69, 9.17) is 4.74 Å². The van der Waals surface area contributed by atoms with Gasteiger partial charge >= 0.3 is 5.97 Å². The number of hydrogen-bond donors (Lipinski definition) is 0. The normalized spacial score (nSPS) is 10.7. The summed E-state index contributed by atoms with van der Waals surface area (Å²) in [7, 11) is 0. The Morgan fingerprint density at radius 2 is 1.84 bits per heavy atom. The number of ether oxygens (including phenoxy) is 1. The molecular weight excluding hydrogens is 312 g/mol. The van der Waals surface area contributed by atoms with Crippen molar-refractivity contribution in [3.05, 3.63) is 82.7 Å². The van der Waals surface area contributed by atoms with Gasteiger partial charge in [-0.3, -0.25) is 0 Å². The lowest BCUT2D eigenvalue weighted by Crippen LogP contribution is -2.07. The Balaban J connectivity index is 1.80. The highest BCUT2D eigenvalue weighted by atomic mass is 16.5. The fraction of sp³-hybridized carbons (Fsp3) is 0.238. The van der Waals surface area contributed by atoms with Gasteiger partial charge in [0.25, 0.3) is 0 Å². The second-order valence-electron chi connectivity index (χ2n) is 6.03. The molecule has 0 unspecified atom stereocenters. The molecule has 0 amide bonds. The average Bonchev–Trinajstić information content (AvgIpc) is 2.94. The minimum absolute atomic E-state index is 0.268. The lowest BCUT2D eigenvalue weighted by molar-refractivity contribution is 0.0472. The maximum absolute atomic E-state index is 12.4. The molecule has 128 valence electrons. The van der Waals surface area contributed by atoms with Crippen LogP contribution in [-0.2, 0) is 17.8 Å². The third-order valence-corrected chi connectivity index (χ3v) is 4.33. The van der Waals surface area contributed by atoms with Crippen LogP contribution in [0.2, 0.25) is 0 Å². The quantitative estimate of drug-likeness (QED) is 0.649. The molecule has 0 radical (unpaired) electrons. The van der Waals surface area contributed by atoms with Gasteiger partial charge in [0.15, 0.2) is 0 Å². The smallest absolute Gasteiger partial charge is 0.338 e. The summed E-state index contributed by atoms with van der Waals surface area (Å²) >= 11 is 0. The van der Waals surface area contributed by atoms with Gasteiger partial charge in [-0.05, 0) is 49.6 Å². The van der Waals surface area contributed by atoms with Crippen LogP contribution in [0.25, 0.3) is 5.69 Å². The van der Waals surface area contributed by atoms with Gasteiger partial charge in [0.1, 0.15) is 6.61 Å². The van der Waals surface area contributed by atoms with Gasteiger partial charge in [0, 0.05) is 5.69 Å². The Labute approximate surface area is 148 Å². The van der Waals surface area contributed by atoms with Gasteiger partial charge in [-0.25, -0.2) is 9.48 Å².